The Balaban J connectivity index is 1.95. The SMILES string of the molecule is COc1cc(OC)c([C@H]2S[C@H](C)C(=O)Nc3c2c(C)nn3-c2ccccc2)cc1OC. The molecule has 1 aliphatic rings. The van der Waals surface area contributed by atoms with Crippen molar-refractivity contribution in [2.45, 2.75) is 24.3 Å². The van der Waals surface area contributed by atoms with Gasteiger partial charge in [-0.05, 0) is 32.0 Å². The van der Waals surface area contributed by atoms with Gasteiger partial charge in [0.15, 0.2) is 11.5 Å². The van der Waals surface area contributed by atoms with Crippen LogP contribution in [0.1, 0.15) is 29.0 Å². The maximum atomic E-state index is 12.9. The van der Waals surface area contributed by atoms with Gasteiger partial charge in [0.1, 0.15) is 11.6 Å². The van der Waals surface area contributed by atoms with E-state index in [4.69, 9.17) is 19.3 Å². The molecule has 0 saturated heterocycles. The Morgan fingerprint density at radius 1 is 1.00 bits per heavy atom. The quantitative estimate of drug-likeness (QED) is 0.636. The van der Waals surface area contributed by atoms with Gasteiger partial charge in [-0.3, -0.25) is 4.79 Å². The van der Waals surface area contributed by atoms with Crippen molar-refractivity contribution in [3.8, 4) is 22.9 Å². The molecule has 2 aromatic carbocycles. The lowest BCUT2D eigenvalue weighted by Gasteiger charge is -2.22. The molecular formula is C23H25N3O4S. The molecule has 0 radical (unpaired) electrons. The number of ether oxygens (including phenoxy) is 3. The smallest absolute Gasteiger partial charge is 0.238 e. The Kier molecular flexibility index (Phi) is 5.82. The van der Waals surface area contributed by atoms with Crippen LogP contribution in [0.5, 0.6) is 17.2 Å². The topological polar surface area (TPSA) is 74.6 Å². The normalized spacial score (nSPS) is 18.0. The highest BCUT2D eigenvalue weighted by molar-refractivity contribution is 8.01. The second-order valence-corrected chi connectivity index (χ2v) is 8.64. The molecule has 1 aromatic heterocycles. The summed E-state index contributed by atoms with van der Waals surface area (Å²) in [5.41, 5.74) is 3.55. The maximum Gasteiger partial charge on any atom is 0.238 e. The number of nitrogens with one attached hydrogen (secondary N) is 1. The van der Waals surface area contributed by atoms with Crippen LogP contribution in [-0.2, 0) is 4.79 Å². The second kappa shape index (κ2) is 8.55. The third-order valence-electron chi connectivity index (χ3n) is 5.34. The highest BCUT2D eigenvalue weighted by Crippen LogP contribution is 2.50. The van der Waals surface area contributed by atoms with Crippen molar-refractivity contribution in [2.75, 3.05) is 26.6 Å². The van der Waals surface area contributed by atoms with Crippen LogP contribution in [0.4, 0.5) is 5.82 Å². The molecule has 2 atom stereocenters. The Morgan fingerprint density at radius 2 is 1.65 bits per heavy atom. The zero-order chi connectivity index (χ0) is 22.1. The van der Waals surface area contributed by atoms with Gasteiger partial charge in [0.2, 0.25) is 5.91 Å². The summed E-state index contributed by atoms with van der Waals surface area (Å²) in [7, 11) is 4.82. The van der Waals surface area contributed by atoms with Crippen molar-refractivity contribution in [2.24, 2.45) is 0 Å². The minimum atomic E-state index is -0.279. The molecule has 7 nitrogen and oxygen atoms in total. The molecule has 0 saturated carbocycles. The molecule has 0 aliphatic carbocycles. The number of aryl methyl sites for hydroxylation is 1. The van der Waals surface area contributed by atoms with E-state index in [0.717, 1.165) is 22.5 Å². The second-order valence-electron chi connectivity index (χ2n) is 7.19. The van der Waals surface area contributed by atoms with Crippen LogP contribution in [0.25, 0.3) is 5.69 Å². The lowest BCUT2D eigenvalue weighted by Crippen LogP contribution is -2.22. The number of carbonyl (C=O) groups is 1. The largest absolute Gasteiger partial charge is 0.496 e. The molecular weight excluding hydrogens is 414 g/mol. The Hall–Kier alpha value is -3.13. The molecule has 162 valence electrons. The van der Waals surface area contributed by atoms with Crippen LogP contribution >= 0.6 is 11.8 Å². The van der Waals surface area contributed by atoms with Gasteiger partial charge in [0.05, 0.1) is 43.2 Å². The molecule has 4 rings (SSSR count). The lowest BCUT2D eigenvalue weighted by molar-refractivity contribution is -0.115. The first-order valence-corrected chi connectivity index (χ1v) is 10.8. The van der Waals surface area contributed by atoms with Crippen molar-refractivity contribution in [3.63, 3.8) is 0 Å². The average molecular weight is 440 g/mol. The molecule has 0 fully saturated rings. The fourth-order valence-corrected chi connectivity index (χ4v) is 5.11. The van der Waals surface area contributed by atoms with Gasteiger partial charge in [-0.1, -0.05) is 18.2 Å². The monoisotopic (exact) mass is 439 g/mol. The van der Waals surface area contributed by atoms with E-state index in [0.29, 0.717) is 23.1 Å². The number of methoxy groups -OCH3 is 3. The van der Waals surface area contributed by atoms with Gasteiger partial charge in [-0.15, -0.1) is 11.8 Å². The number of para-hydroxylation sites is 1. The summed E-state index contributed by atoms with van der Waals surface area (Å²) in [4.78, 5) is 12.9. The van der Waals surface area contributed by atoms with Crippen molar-refractivity contribution in [3.05, 3.63) is 59.3 Å². The molecule has 1 N–H and O–H groups in total. The first kappa shape index (κ1) is 21.1. The zero-order valence-corrected chi connectivity index (χ0v) is 18.9. The molecule has 0 spiro atoms. The number of fused-ring (bicyclic) bond motifs is 1. The summed E-state index contributed by atoms with van der Waals surface area (Å²) >= 11 is 1.55. The maximum absolute atomic E-state index is 12.9. The predicted octanol–water partition coefficient (Wildman–Crippen LogP) is 4.37. The summed E-state index contributed by atoms with van der Waals surface area (Å²) in [6.45, 7) is 3.86. The fraction of sp³-hybridized carbons (Fsp3) is 0.304. The van der Waals surface area contributed by atoms with Gasteiger partial charge in [0, 0.05) is 17.2 Å². The number of carbonyl (C=O) groups excluding carboxylic acids is 1. The van der Waals surface area contributed by atoms with E-state index in [1.807, 2.05) is 56.3 Å². The van der Waals surface area contributed by atoms with E-state index in [9.17, 15) is 4.79 Å². The van der Waals surface area contributed by atoms with Crippen LogP contribution in [0.15, 0.2) is 42.5 Å². The highest BCUT2D eigenvalue weighted by Gasteiger charge is 2.36. The lowest BCUT2D eigenvalue weighted by atomic mass is 10.0. The molecule has 3 aromatic rings. The fourth-order valence-electron chi connectivity index (χ4n) is 3.77. The number of nitrogens with zero attached hydrogens (tertiary/aromatic N) is 2. The minimum absolute atomic E-state index is 0.0646. The number of hydrogen-bond donors (Lipinski definition) is 1. The molecule has 1 amide bonds. The average Bonchev–Trinajstić information content (AvgIpc) is 3.05. The molecule has 1 aliphatic heterocycles. The van der Waals surface area contributed by atoms with Crippen LogP contribution in [0.3, 0.4) is 0 Å². The number of amides is 1. The van der Waals surface area contributed by atoms with Crippen LogP contribution in [0, 0.1) is 6.92 Å². The number of aromatic nitrogens is 2. The van der Waals surface area contributed by atoms with E-state index in [2.05, 4.69) is 5.32 Å². The first-order valence-electron chi connectivity index (χ1n) is 9.89. The number of thioether (sulfide) groups is 1. The Morgan fingerprint density at radius 3 is 2.29 bits per heavy atom. The summed E-state index contributed by atoms with van der Waals surface area (Å²) < 4.78 is 18.5. The van der Waals surface area contributed by atoms with Gasteiger partial charge in [0.25, 0.3) is 0 Å². The zero-order valence-electron chi connectivity index (χ0n) is 18.1. The van der Waals surface area contributed by atoms with Gasteiger partial charge in [-0.2, -0.15) is 5.10 Å². The predicted molar refractivity (Wildman–Crippen MR) is 122 cm³/mol. The van der Waals surface area contributed by atoms with Gasteiger partial charge in [-0.25, -0.2) is 4.68 Å². The van der Waals surface area contributed by atoms with Crippen LogP contribution in [-0.4, -0.2) is 42.3 Å². The summed E-state index contributed by atoms with van der Waals surface area (Å²) in [5.74, 6) is 2.46. The minimum Gasteiger partial charge on any atom is -0.496 e. The molecule has 8 heteroatoms. The number of anilines is 1. The highest BCUT2D eigenvalue weighted by atomic mass is 32.2. The molecule has 0 bridgehead atoms. The van der Waals surface area contributed by atoms with E-state index in [1.165, 1.54) is 0 Å². The number of benzene rings is 2. The van der Waals surface area contributed by atoms with Gasteiger partial charge >= 0.3 is 0 Å². The summed E-state index contributed by atoms with van der Waals surface area (Å²) in [6, 6.07) is 13.5. The Labute approximate surface area is 185 Å². The molecule has 31 heavy (non-hydrogen) atoms. The van der Waals surface area contributed by atoms with E-state index in [1.54, 1.807) is 37.8 Å². The number of rotatable bonds is 5. The van der Waals surface area contributed by atoms with E-state index < -0.39 is 0 Å². The third-order valence-corrected chi connectivity index (χ3v) is 6.72. The van der Waals surface area contributed by atoms with Crippen molar-refractivity contribution >= 4 is 23.5 Å². The molecule has 2 heterocycles. The standard InChI is InChI=1S/C23H25N3O4S/c1-13-20-21(16-11-18(29-4)19(30-5)12-17(16)28-3)31-14(2)23(27)24-22(20)26(25-13)15-9-7-6-8-10-15/h6-12,14,21H,1-5H3,(H,24,27)/t14-,21-/m1/s1. The summed E-state index contributed by atoms with van der Waals surface area (Å²) in [5, 5.41) is 7.38. The van der Waals surface area contributed by atoms with Gasteiger partial charge < -0.3 is 19.5 Å². The van der Waals surface area contributed by atoms with Crippen molar-refractivity contribution < 1.29 is 19.0 Å². The van der Waals surface area contributed by atoms with E-state index in [-0.39, 0.29) is 16.4 Å². The number of hydrogen-bond acceptors (Lipinski definition) is 6. The van der Waals surface area contributed by atoms with Crippen molar-refractivity contribution in [1.82, 2.24) is 9.78 Å². The Bertz CT molecular complexity index is 1110. The van der Waals surface area contributed by atoms with E-state index >= 15 is 0 Å². The summed E-state index contributed by atoms with van der Waals surface area (Å²) in [6.07, 6.45) is 0. The molecule has 0 unspecified atom stereocenters. The van der Waals surface area contributed by atoms with Crippen LogP contribution in [0.2, 0.25) is 0 Å². The first-order chi connectivity index (χ1) is 15.0. The van der Waals surface area contributed by atoms with Crippen molar-refractivity contribution in [1.29, 1.82) is 0 Å². The van der Waals surface area contributed by atoms with Crippen LogP contribution < -0.4 is 19.5 Å². The third kappa shape index (κ3) is 3.72.